The first-order chi connectivity index (χ1) is 14.7. The number of aliphatic imine (C=N–C) groups is 1. The molecule has 1 aromatic rings. The van der Waals surface area contributed by atoms with Gasteiger partial charge in [0.05, 0.1) is 0 Å². The van der Waals surface area contributed by atoms with Crippen LogP contribution >= 0.6 is 24.0 Å². The summed E-state index contributed by atoms with van der Waals surface area (Å²) < 4.78 is 11.2. The van der Waals surface area contributed by atoms with Gasteiger partial charge in [0.1, 0.15) is 0 Å². The Balaban J connectivity index is 0.00000341. The van der Waals surface area contributed by atoms with E-state index < -0.39 is 0 Å². The van der Waals surface area contributed by atoms with Gasteiger partial charge in [-0.3, -0.25) is 9.89 Å². The molecule has 0 bridgehead atoms. The van der Waals surface area contributed by atoms with Crippen molar-refractivity contribution in [1.29, 1.82) is 0 Å². The highest BCUT2D eigenvalue weighted by Gasteiger charge is 2.25. The van der Waals surface area contributed by atoms with Gasteiger partial charge in [0.2, 0.25) is 0 Å². The van der Waals surface area contributed by atoms with E-state index in [-0.39, 0.29) is 24.0 Å². The number of benzene rings is 1. The van der Waals surface area contributed by atoms with Crippen LogP contribution in [0.1, 0.15) is 44.6 Å². The van der Waals surface area contributed by atoms with Crippen LogP contribution < -0.4 is 10.6 Å². The van der Waals surface area contributed by atoms with E-state index in [4.69, 9.17) is 9.47 Å². The zero-order valence-electron chi connectivity index (χ0n) is 19.2. The van der Waals surface area contributed by atoms with Crippen LogP contribution in [0.25, 0.3) is 0 Å². The Morgan fingerprint density at radius 3 is 2.68 bits per heavy atom. The minimum absolute atomic E-state index is 0. The summed E-state index contributed by atoms with van der Waals surface area (Å²) in [6, 6.07) is 11.8. The first kappa shape index (κ1) is 26.4. The summed E-state index contributed by atoms with van der Waals surface area (Å²) >= 11 is 0. The van der Waals surface area contributed by atoms with E-state index in [1.54, 1.807) is 0 Å². The summed E-state index contributed by atoms with van der Waals surface area (Å²) in [4.78, 5) is 6.99. The van der Waals surface area contributed by atoms with Crippen LogP contribution in [-0.4, -0.2) is 69.5 Å². The van der Waals surface area contributed by atoms with E-state index in [9.17, 15) is 0 Å². The van der Waals surface area contributed by atoms with Gasteiger partial charge in [-0.1, -0.05) is 30.3 Å². The first-order valence-electron chi connectivity index (χ1n) is 11.6. The van der Waals surface area contributed by atoms with Gasteiger partial charge in [-0.15, -0.1) is 24.0 Å². The fourth-order valence-electron chi connectivity index (χ4n) is 4.34. The summed E-state index contributed by atoms with van der Waals surface area (Å²) in [5.74, 6) is 1.59. The van der Waals surface area contributed by atoms with Gasteiger partial charge in [0.25, 0.3) is 0 Å². The van der Waals surface area contributed by atoms with Crippen molar-refractivity contribution in [2.24, 2.45) is 10.9 Å². The minimum Gasteiger partial charge on any atom is -0.381 e. The molecule has 1 aromatic carbocycles. The molecule has 0 aliphatic carbocycles. The molecule has 2 aliphatic rings. The molecule has 31 heavy (non-hydrogen) atoms. The molecule has 2 heterocycles. The van der Waals surface area contributed by atoms with Gasteiger partial charge in [-0.2, -0.15) is 0 Å². The zero-order valence-corrected chi connectivity index (χ0v) is 21.6. The lowest BCUT2D eigenvalue weighted by Gasteiger charge is -2.38. The average Bonchev–Trinajstić information content (AvgIpc) is 2.78. The second kappa shape index (κ2) is 15.0. The second-order valence-electron chi connectivity index (χ2n) is 8.65. The summed E-state index contributed by atoms with van der Waals surface area (Å²) in [7, 11) is 1.85. The molecule has 2 atom stereocenters. The quantitative estimate of drug-likeness (QED) is 0.215. The Bertz CT molecular complexity index is 625. The summed E-state index contributed by atoms with van der Waals surface area (Å²) in [6.45, 7) is 8.83. The van der Waals surface area contributed by atoms with Crippen LogP contribution in [0.5, 0.6) is 0 Å². The maximum Gasteiger partial charge on any atom is 0.191 e. The van der Waals surface area contributed by atoms with Crippen molar-refractivity contribution in [3.05, 3.63) is 35.9 Å². The molecule has 2 aliphatic heterocycles. The number of nitrogens with zero attached hydrogens (tertiary/aromatic N) is 2. The average molecular weight is 545 g/mol. The molecule has 2 unspecified atom stereocenters. The number of ether oxygens (including phenoxy) is 2. The molecule has 2 saturated heterocycles. The highest BCUT2D eigenvalue weighted by Crippen LogP contribution is 2.20. The molecule has 2 N–H and O–H groups in total. The third-order valence-corrected chi connectivity index (χ3v) is 6.26. The molecule has 3 rings (SSSR count). The number of nitrogens with one attached hydrogen (secondary N) is 2. The lowest BCUT2D eigenvalue weighted by atomic mass is 9.97. The molecular weight excluding hydrogens is 503 g/mol. The van der Waals surface area contributed by atoms with Gasteiger partial charge in [0.15, 0.2) is 5.96 Å². The molecule has 0 spiro atoms. The number of hydrogen-bond acceptors (Lipinski definition) is 4. The number of likely N-dealkylation sites (tertiary alicyclic amines) is 1. The highest BCUT2D eigenvalue weighted by molar-refractivity contribution is 14.0. The fourth-order valence-corrected chi connectivity index (χ4v) is 4.34. The lowest BCUT2D eigenvalue weighted by molar-refractivity contribution is 0.0203. The van der Waals surface area contributed by atoms with Crippen LogP contribution in [0.3, 0.4) is 0 Å². The Kier molecular flexibility index (Phi) is 12.8. The zero-order chi connectivity index (χ0) is 21.0. The van der Waals surface area contributed by atoms with E-state index in [1.165, 1.54) is 5.56 Å². The van der Waals surface area contributed by atoms with Crippen molar-refractivity contribution in [2.75, 3.05) is 46.6 Å². The normalized spacial score (nSPS) is 23.2. The molecule has 0 amide bonds. The minimum atomic E-state index is 0. The van der Waals surface area contributed by atoms with Crippen LogP contribution in [-0.2, 0) is 16.0 Å². The predicted octanol–water partition coefficient (Wildman–Crippen LogP) is 3.66. The molecule has 0 radical (unpaired) electrons. The topological polar surface area (TPSA) is 58.1 Å². The SMILES string of the molecule is CN=C(NCCCOCC1CCOCC1)NC1CCN(Cc2ccccc2)C(C)C1.I. The van der Waals surface area contributed by atoms with Crippen LogP contribution in [0.2, 0.25) is 0 Å². The molecule has 7 heteroatoms. The summed E-state index contributed by atoms with van der Waals surface area (Å²) in [5, 5.41) is 7.07. The monoisotopic (exact) mass is 544 g/mol. The fraction of sp³-hybridized carbons (Fsp3) is 0.708. The van der Waals surface area contributed by atoms with E-state index in [1.807, 2.05) is 7.05 Å². The number of rotatable bonds is 9. The lowest BCUT2D eigenvalue weighted by Crippen LogP contribution is -2.51. The van der Waals surface area contributed by atoms with Crippen molar-refractivity contribution in [2.45, 2.75) is 57.7 Å². The number of guanidine groups is 1. The highest BCUT2D eigenvalue weighted by atomic mass is 127. The van der Waals surface area contributed by atoms with Gasteiger partial charge < -0.3 is 20.1 Å². The Labute approximate surface area is 205 Å². The predicted molar refractivity (Wildman–Crippen MR) is 138 cm³/mol. The molecule has 2 fully saturated rings. The third kappa shape index (κ3) is 9.63. The smallest absolute Gasteiger partial charge is 0.191 e. The van der Waals surface area contributed by atoms with Crippen LogP contribution in [0.4, 0.5) is 0 Å². The van der Waals surface area contributed by atoms with Gasteiger partial charge in [-0.05, 0) is 50.5 Å². The van der Waals surface area contributed by atoms with Crippen molar-refractivity contribution in [1.82, 2.24) is 15.5 Å². The summed E-state index contributed by atoms with van der Waals surface area (Å²) in [6.07, 6.45) is 5.55. The maximum atomic E-state index is 5.85. The Morgan fingerprint density at radius 2 is 1.97 bits per heavy atom. The molecule has 0 aromatic heterocycles. The van der Waals surface area contributed by atoms with Crippen LogP contribution in [0, 0.1) is 5.92 Å². The standard InChI is InChI=1S/C24H40N4O2.HI/c1-20-17-23(9-13-28(20)18-21-7-4-3-5-8-21)27-24(25-2)26-12-6-14-30-19-22-10-15-29-16-11-22;/h3-5,7-8,20,22-23H,6,9-19H2,1-2H3,(H2,25,26,27);1H. The largest absolute Gasteiger partial charge is 0.381 e. The van der Waals surface area contributed by atoms with E-state index in [0.717, 1.165) is 84.1 Å². The molecule has 6 nitrogen and oxygen atoms in total. The first-order valence-corrected chi connectivity index (χ1v) is 11.6. The van der Waals surface area contributed by atoms with Crippen molar-refractivity contribution >= 4 is 29.9 Å². The van der Waals surface area contributed by atoms with Crippen molar-refractivity contribution in [3.8, 4) is 0 Å². The number of hydrogen-bond donors (Lipinski definition) is 2. The van der Waals surface area contributed by atoms with E-state index in [2.05, 4.69) is 57.8 Å². The molecule has 0 saturated carbocycles. The van der Waals surface area contributed by atoms with Crippen molar-refractivity contribution in [3.63, 3.8) is 0 Å². The Hall–Kier alpha value is -0.900. The van der Waals surface area contributed by atoms with E-state index >= 15 is 0 Å². The van der Waals surface area contributed by atoms with E-state index in [0.29, 0.717) is 18.0 Å². The molecule has 176 valence electrons. The second-order valence-corrected chi connectivity index (χ2v) is 8.65. The van der Waals surface area contributed by atoms with Gasteiger partial charge in [0, 0.05) is 65.2 Å². The number of halogens is 1. The van der Waals surface area contributed by atoms with Crippen LogP contribution in [0.15, 0.2) is 35.3 Å². The van der Waals surface area contributed by atoms with Gasteiger partial charge in [-0.25, -0.2) is 0 Å². The maximum absolute atomic E-state index is 5.85. The Morgan fingerprint density at radius 1 is 1.19 bits per heavy atom. The molecular formula is C24H41IN4O2. The van der Waals surface area contributed by atoms with Crippen molar-refractivity contribution < 1.29 is 9.47 Å². The number of piperidine rings is 1. The summed E-state index contributed by atoms with van der Waals surface area (Å²) in [5.41, 5.74) is 1.40. The third-order valence-electron chi connectivity index (χ3n) is 6.26. The van der Waals surface area contributed by atoms with Gasteiger partial charge >= 0.3 is 0 Å².